The molecule has 4 nitrogen and oxygen atoms in total. The fourth-order valence-electron chi connectivity index (χ4n) is 4.42. The zero-order valence-corrected chi connectivity index (χ0v) is 21.4. The molecule has 182 valence electrons. The van der Waals surface area contributed by atoms with Gasteiger partial charge >= 0.3 is 5.97 Å². The molecular weight excluding hydrogens is 388 g/mol. The second-order valence-electron chi connectivity index (χ2n) is 9.78. The molecule has 0 unspecified atom stereocenters. The summed E-state index contributed by atoms with van der Waals surface area (Å²) < 4.78 is 4.95. The van der Waals surface area contributed by atoms with Crippen molar-refractivity contribution in [2.24, 2.45) is 17.3 Å². The predicted molar refractivity (Wildman–Crippen MR) is 129 cm³/mol. The first kappa shape index (κ1) is 29.8. The van der Waals surface area contributed by atoms with E-state index in [1.54, 1.807) is 27.7 Å². The molecule has 4 heteroatoms. The lowest BCUT2D eigenvalue weighted by Gasteiger charge is -2.31. The Balaban J connectivity index is 4.31. The molecule has 0 aromatic carbocycles. The summed E-state index contributed by atoms with van der Waals surface area (Å²) in [6.07, 6.45) is 17.6. The summed E-state index contributed by atoms with van der Waals surface area (Å²) in [5.74, 6) is -2.04. The highest BCUT2D eigenvalue weighted by molar-refractivity contribution is 6.23. The minimum atomic E-state index is -1.63. The number of ketones is 2. The van der Waals surface area contributed by atoms with Crippen molar-refractivity contribution >= 4 is 17.5 Å². The van der Waals surface area contributed by atoms with E-state index in [0.717, 1.165) is 12.8 Å². The average molecular weight is 439 g/mol. The van der Waals surface area contributed by atoms with Gasteiger partial charge in [0.05, 0.1) is 7.11 Å². The number of methoxy groups -OCH3 is 1. The number of unbranched alkanes of at least 4 members (excludes halogenated alkanes) is 13. The van der Waals surface area contributed by atoms with Gasteiger partial charge in [-0.2, -0.15) is 0 Å². The fourth-order valence-corrected chi connectivity index (χ4v) is 4.42. The van der Waals surface area contributed by atoms with E-state index in [2.05, 4.69) is 6.92 Å². The molecule has 0 rings (SSSR count). The molecule has 0 saturated heterocycles. The Morgan fingerprint density at radius 1 is 0.613 bits per heavy atom. The Hall–Kier alpha value is -1.19. The Bertz CT molecular complexity index is 487. The highest BCUT2D eigenvalue weighted by Crippen LogP contribution is 2.35. The molecule has 0 atom stereocenters. The third kappa shape index (κ3) is 10.8. The molecule has 0 bridgehead atoms. The number of carbonyl (C=O) groups is 3. The third-order valence-electron chi connectivity index (χ3n) is 6.33. The van der Waals surface area contributed by atoms with E-state index in [0.29, 0.717) is 6.42 Å². The number of hydrogen-bond donors (Lipinski definition) is 0. The van der Waals surface area contributed by atoms with Crippen molar-refractivity contribution in [2.75, 3.05) is 7.11 Å². The van der Waals surface area contributed by atoms with Gasteiger partial charge in [0, 0.05) is 11.8 Å². The first-order valence-corrected chi connectivity index (χ1v) is 12.9. The van der Waals surface area contributed by atoms with E-state index in [1.807, 2.05) is 0 Å². The van der Waals surface area contributed by atoms with Crippen LogP contribution >= 0.6 is 0 Å². The molecule has 0 fully saturated rings. The zero-order chi connectivity index (χ0) is 23.7. The maximum atomic E-state index is 13.0. The van der Waals surface area contributed by atoms with Gasteiger partial charge in [-0.05, 0) is 6.42 Å². The molecule has 0 aliphatic carbocycles. The fraction of sp³-hybridized carbons (Fsp3) is 0.889. The van der Waals surface area contributed by atoms with Crippen molar-refractivity contribution in [1.29, 1.82) is 0 Å². The minimum Gasteiger partial charge on any atom is -0.468 e. The molecule has 0 radical (unpaired) electrons. The molecular formula is C27H50O4. The van der Waals surface area contributed by atoms with Crippen LogP contribution in [-0.4, -0.2) is 24.6 Å². The minimum absolute atomic E-state index is 0.270. The highest BCUT2D eigenvalue weighted by Gasteiger charge is 2.53. The van der Waals surface area contributed by atoms with Gasteiger partial charge in [-0.3, -0.25) is 14.4 Å². The molecule has 0 saturated carbocycles. The number of ether oxygens (including phenoxy) is 1. The standard InChI is InChI=1S/C27H50O4/c1-7-8-9-10-11-12-13-14-15-16-17-18-19-20-21-27(26(30)31-6,24(28)22(2)3)25(29)23(4)5/h22-23H,7-21H2,1-6H3. The average Bonchev–Trinajstić information content (AvgIpc) is 2.75. The van der Waals surface area contributed by atoms with Crippen LogP contribution in [0.4, 0.5) is 0 Å². The Labute approximate surface area is 192 Å². The highest BCUT2D eigenvalue weighted by atomic mass is 16.5. The largest absolute Gasteiger partial charge is 0.468 e. The van der Waals surface area contributed by atoms with Crippen molar-refractivity contribution in [2.45, 2.75) is 131 Å². The van der Waals surface area contributed by atoms with Crippen LogP contribution in [0.25, 0.3) is 0 Å². The van der Waals surface area contributed by atoms with Crippen molar-refractivity contribution < 1.29 is 19.1 Å². The first-order chi connectivity index (χ1) is 14.8. The maximum absolute atomic E-state index is 13.0. The smallest absolute Gasteiger partial charge is 0.327 e. The summed E-state index contributed by atoms with van der Waals surface area (Å²) in [7, 11) is 1.27. The second-order valence-corrected chi connectivity index (χ2v) is 9.78. The Morgan fingerprint density at radius 2 is 0.935 bits per heavy atom. The zero-order valence-electron chi connectivity index (χ0n) is 21.4. The van der Waals surface area contributed by atoms with Gasteiger partial charge in [-0.15, -0.1) is 0 Å². The van der Waals surface area contributed by atoms with Gasteiger partial charge in [0.15, 0.2) is 17.0 Å². The van der Waals surface area contributed by atoms with Crippen molar-refractivity contribution in [1.82, 2.24) is 0 Å². The number of carbonyl (C=O) groups excluding carboxylic acids is 3. The topological polar surface area (TPSA) is 60.4 Å². The summed E-state index contributed by atoms with van der Waals surface area (Å²) in [4.78, 5) is 38.5. The molecule has 0 aliphatic heterocycles. The lowest BCUT2D eigenvalue weighted by molar-refractivity contribution is -0.165. The van der Waals surface area contributed by atoms with Crippen LogP contribution in [0.1, 0.15) is 131 Å². The van der Waals surface area contributed by atoms with Gasteiger partial charge in [-0.1, -0.05) is 125 Å². The molecule has 0 aromatic heterocycles. The van der Waals surface area contributed by atoms with Gasteiger partial charge in [0.2, 0.25) is 0 Å². The van der Waals surface area contributed by atoms with Gasteiger partial charge < -0.3 is 4.74 Å². The lowest BCUT2D eigenvalue weighted by Crippen LogP contribution is -2.50. The molecule has 0 N–H and O–H groups in total. The Kier molecular flexibility index (Phi) is 16.7. The molecule has 0 aliphatic rings. The summed E-state index contributed by atoms with van der Waals surface area (Å²) in [5.41, 5.74) is -1.63. The van der Waals surface area contributed by atoms with Crippen LogP contribution in [0.3, 0.4) is 0 Å². The summed E-state index contributed by atoms with van der Waals surface area (Å²) >= 11 is 0. The normalized spacial score (nSPS) is 11.9. The molecule has 31 heavy (non-hydrogen) atoms. The molecule has 0 aromatic rings. The summed E-state index contributed by atoms with van der Waals surface area (Å²) in [5, 5.41) is 0. The lowest BCUT2D eigenvalue weighted by atomic mass is 9.69. The van der Waals surface area contributed by atoms with Gasteiger partial charge in [-0.25, -0.2) is 0 Å². The summed E-state index contributed by atoms with van der Waals surface area (Å²) in [6, 6.07) is 0. The first-order valence-electron chi connectivity index (χ1n) is 12.9. The molecule has 0 amide bonds. The third-order valence-corrected chi connectivity index (χ3v) is 6.33. The van der Waals surface area contributed by atoms with Crippen LogP contribution in [0.15, 0.2) is 0 Å². The maximum Gasteiger partial charge on any atom is 0.327 e. The van der Waals surface area contributed by atoms with E-state index in [9.17, 15) is 14.4 Å². The summed E-state index contributed by atoms with van der Waals surface area (Å²) in [6.45, 7) is 9.25. The number of rotatable bonds is 20. The number of hydrogen-bond acceptors (Lipinski definition) is 4. The van der Waals surface area contributed by atoms with Crippen molar-refractivity contribution in [3.8, 4) is 0 Å². The SMILES string of the molecule is CCCCCCCCCCCCCCCCC(C(=O)OC)(C(=O)C(C)C)C(=O)C(C)C. The van der Waals surface area contributed by atoms with Crippen LogP contribution < -0.4 is 0 Å². The van der Waals surface area contributed by atoms with E-state index >= 15 is 0 Å². The number of Topliss-reactive ketones (excluding diaryl/α,β-unsaturated/α-hetero) is 2. The van der Waals surface area contributed by atoms with Gasteiger partial charge in [0.25, 0.3) is 0 Å². The van der Waals surface area contributed by atoms with Gasteiger partial charge in [0.1, 0.15) is 0 Å². The monoisotopic (exact) mass is 438 g/mol. The second kappa shape index (κ2) is 17.4. The van der Waals surface area contributed by atoms with Crippen molar-refractivity contribution in [3.63, 3.8) is 0 Å². The quantitative estimate of drug-likeness (QED) is 0.112. The van der Waals surface area contributed by atoms with E-state index in [1.165, 1.54) is 77.7 Å². The van der Waals surface area contributed by atoms with Crippen LogP contribution in [0, 0.1) is 17.3 Å². The van der Waals surface area contributed by atoms with Crippen LogP contribution in [-0.2, 0) is 19.1 Å². The van der Waals surface area contributed by atoms with Crippen LogP contribution in [0.5, 0.6) is 0 Å². The molecule has 0 spiro atoms. The molecule has 0 heterocycles. The van der Waals surface area contributed by atoms with E-state index in [4.69, 9.17) is 4.74 Å². The van der Waals surface area contributed by atoms with E-state index < -0.39 is 11.4 Å². The Morgan fingerprint density at radius 3 is 1.23 bits per heavy atom. The van der Waals surface area contributed by atoms with E-state index in [-0.39, 0.29) is 29.8 Å². The van der Waals surface area contributed by atoms with Crippen LogP contribution in [0.2, 0.25) is 0 Å². The number of esters is 1. The predicted octanol–water partition coefficient (Wildman–Crippen LogP) is 7.47. The van der Waals surface area contributed by atoms with Crippen molar-refractivity contribution in [3.05, 3.63) is 0 Å².